The van der Waals surface area contributed by atoms with Crippen molar-refractivity contribution in [2.45, 2.75) is 23.8 Å². The van der Waals surface area contributed by atoms with Crippen LogP contribution in [0.2, 0.25) is 5.02 Å². The maximum atomic E-state index is 15.2. The molecule has 0 saturated carbocycles. The Morgan fingerprint density at radius 1 is 1.03 bits per heavy atom. The molecule has 1 aliphatic rings. The quantitative estimate of drug-likeness (QED) is 0.355. The summed E-state index contributed by atoms with van der Waals surface area (Å²) < 4.78 is 39.1. The summed E-state index contributed by atoms with van der Waals surface area (Å²) in [7, 11) is -4.07. The second-order valence-corrected chi connectivity index (χ2v) is 11.0. The Bertz CT molecular complexity index is 1550. The van der Waals surface area contributed by atoms with Crippen molar-refractivity contribution in [2.24, 2.45) is 5.14 Å². The number of amides is 4. The number of likely N-dealkylation sites (tertiary alicyclic amines) is 1. The summed E-state index contributed by atoms with van der Waals surface area (Å²) in [5, 5.41) is 13.5. The van der Waals surface area contributed by atoms with Gasteiger partial charge in [-0.1, -0.05) is 35.9 Å². The summed E-state index contributed by atoms with van der Waals surface area (Å²) in [6.45, 7) is 1.43. The molecule has 0 bridgehead atoms. The third-order valence-corrected chi connectivity index (χ3v) is 7.55. The third kappa shape index (κ3) is 6.36. The first kappa shape index (κ1) is 28.0. The maximum Gasteiger partial charge on any atom is 0.320 e. The lowest BCUT2D eigenvalue weighted by atomic mass is 9.97. The SMILES string of the molecule is CC(=O)N1CCC(NC(=O)Nc2ccc(Cl)cc2)(C(=O)Nc2ccc(-c3ccccc3S(N)(=O)=O)cc2F)C1. The molecule has 1 aliphatic heterocycles. The van der Waals surface area contributed by atoms with Crippen molar-refractivity contribution < 1.29 is 27.2 Å². The molecular formula is C26H25ClFN5O5S. The van der Waals surface area contributed by atoms with Gasteiger partial charge >= 0.3 is 6.03 Å². The van der Waals surface area contributed by atoms with Crippen LogP contribution in [0.15, 0.2) is 71.6 Å². The molecule has 5 N–H and O–H groups in total. The van der Waals surface area contributed by atoms with Crippen LogP contribution >= 0.6 is 11.6 Å². The number of halogens is 2. The average Bonchev–Trinajstić information content (AvgIpc) is 3.31. The fourth-order valence-electron chi connectivity index (χ4n) is 4.31. The number of nitrogens with zero attached hydrogens (tertiary/aromatic N) is 1. The number of nitrogens with one attached hydrogen (secondary N) is 3. The molecule has 4 rings (SSSR count). The Morgan fingerprint density at radius 2 is 1.72 bits per heavy atom. The van der Waals surface area contributed by atoms with E-state index in [2.05, 4.69) is 16.0 Å². The second kappa shape index (κ2) is 11.0. The molecule has 0 spiro atoms. The van der Waals surface area contributed by atoms with Crippen LogP contribution in [0.4, 0.5) is 20.6 Å². The van der Waals surface area contributed by atoms with E-state index in [4.69, 9.17) is 16.7 Å². The lowest BCUT2D eigenvalue weighted by Gasteiger charge is -2.29. The van der Waals surface area contributed by atoms with Crippen LogP contribution in [0, 0.1) is 5.82 Å². The number of anilines is 2. The molecule has 1 saturated heterocycles. The van der Waals surface area contributed by atoms with Gasteiger partial charge in [0.05, 0.1) is 17.1 Å². The Labute approximate surface area is 229 Å². The normalized spacial score (nSPS) is 17.0. The van der Waals surface area contributed by atoms with E-state index in [0.29, 0.717) is 10.7 Å². The molecule has 39 heavy (non-hydrogen) atoms. The highest BCUT2D eigenvalue weighted by Gasteiger charge is 2.47. The van der Waals surface area contributed by atoms with Crippen LogP contribution < -0.4 is 21.1 Å². The van der Waals surface area contributed by atoms with Crippen LogP contribution in [0.3, 0.4) is 0 Å². The topological polar surface area (TPSA) is 151 Å². The molecule has 1 unspecified atom stereocenters. The first-order chi connectivity index (χ1) is 18.4. The lowest BCUT2D eigenvalue weighted by Crippen LogP contribution is -2.59. The Balaban J connectivity index is 1.58. The molecule has 204 valence electrons. The minimum Gasteiger partial charge on any atom is -0.340 e. The predicted octanol–water partition coefficient (Wildman–Crippen LogP) is 3.54. The zero-order valence-electron chi connectivity index (χ0n) is 20.7. The number of primary sulfonamides is 1. The summed E-state index contributed by atoms with van der Waals surface area (Å²) in [4.78, 5) is 39.5. The van der Waals surface area contributed by atoms with Gasteiger partial charge in [0.15, 0.2) is 0 Å². The number of benzene rings is 3. The van der Waals surface area contributed by atoms with E-state index in [-0.39, 0.29) is 47.1 Å². The highest BCUT2D eigenvalue weighted by molar-refractivity contribution is 7.89. The third-order valence-electron chi connectivity index (χ3n) is 6.33. The summed E-state index contributed by atoms with van der Waals surface area (Å²) >= 11 is 5.88. The van der Waals surface area contributed by atoms with Crippen molar-refractivity contribution >= 4 is 50.8 Å². The summed E-state index contributed by atoms with van der Waals surface area (Å²) in [6.07, 6.45) is 0.0912. The van der Waals surface area contributed by atoms with Gasteiger partial charge < -0.3 is 20.9 Å². The van der Waals surface area contributed by atoms with Crippen molar-refractivity contribution in [3.05, 3.63) is 77.6 Å². The first-order valence-corrected chi connectivity index (χ1v) is 13.6. The number of sulfonamides is 1. The molecule has 3 aromatic rings. The Hall–Kier alpha value is -4.00. The van der Waals surface area contributed by atoms with Crippen LogP contribution in [0.5, 0.6) is 0 Å². The number of hydrogen-bond donors (Lipinski definition) is 4. The monoisotopic (exact) mass is 573 g/mol. The molecule has 0 radical (unpaired) electrons. The van der Waals surface area contributed by atoms with Crippen molar-refractivity contribution in [1.29, 1.82) is 0 Å². The number of carbonyl (C=O) groups is 3. The summed E-state index contributed by atoms with van der Waals surface area (Å²) in [5.74, 6) is -1.85. The van der Waals surface area contributed by atoms with Gasteiger partial charge in [0.2, 0.25) is 15.9 Å². The zero-order chi connectivity index (χ0) is 28.4. The predicted molar refractivity (Wildman–Crippen MR) is 145 cm³/mol. The molecule has 0 aliphatic carbocycles. The van der Waals surface area contributed by atoms with Crippen molar-refractivity contribution in [3.8, 4) is 11.1 Å². The van der Waals surface area contributed by atoms with Crippen LogP contribution in [0.25, 0.3) is 11.1 Å². The minimum atomic E-state index is -4.07. The molecule has 1 fully saturated rings. The number of hydrogen-bond acceptors (Lipinski definition) is 5. The van der Waals surface area contributed by atoms with Gasteiger partial charge in [-0.05, 0) is 54.4 Å². The van der Waals surface area contributed by atoms with Crippen LogP contribution in [0.1, 0.15) is 13.3 Å². The van der Waals surface area contributed by atoms with Crippen LogP contribution in [-0.4, -0.2) is 49.8 Å². The zero-order valence-corrected chi connectivity index (χ0v) is 22.3. The van der Waals surface area contributed by atoms with Gasteiger partial charge in [0, 0.05) is 29.7 Å². The number of rotatable bonds is 6. The second-order valence-electron chi connectivity index (χ2n) is 9.05. The average molecular weight is 574 g/mol. The fourth-order valence-corrected chi connectivity index (χ4v) is 5.20. The maximum absolute atomic E-state index is 15.2. The molecule has 13 heteroatoms. The molecule has 1 heterocycles. The van der Waals surface area contributed by atoms with Crippen LogP contribution in [-0.2, 0) is 19.6 Å². The molecule has 1 atom stereocenters. The van der Waals surface area contributed by atoms with Gasteiger partial charge in [-0.15, -0.1) is 0 Å². The number of urea groups is 1. The first-order valence-electron chi connectivity index (χ1n) is 11.7. The van der Waals surface area contributed by atoms with E-state index in [1.807, 2.05) is 0 Å². The minimum absolute atomic E-state index is 0.0912. The van der Waals surface area contributed by atoms with Crippen molar-refractivity contribution in [3.63, 3.8) is 0 Å². The summed E-state index contributed by atoms with van der Waals surface area (Å²) in [5.41, 5.74) is -0.892. The van der Waals surface area contributed by atoms with E-state index >= 15 is 4.39 Å². The highest BCUT2D eigenvalue weighted by Crippen LogP contribution is 2.30. The molecule has 0 aromatic heterocycles. The van der Waals surface area contributed by atoms with E-state index < -0.39 is 33.3 Å². The van der Waals surface area contributed by atoms with E-state index in [1.54, 1.807) is 30.3 Å². The van der Waals surface area contributed by atoms with Gasteiger partial charge in [-0.3, -0.25) is 9.59 Å². The highest BCUT2D eigenvalue weighted by atomic mass is 35.5. The van der Waals surface area contributed by atoms with Gasteiger partial charge in [0.1, 0.15) is 11.4 Å². The number of carbonyl (C=O) groups excluding carboxylic acids is 3. The Kier molecular flexibility index (Phi) is 7.91. The smallest absolute Gasteiger partial charge is 0.320 e. The van der Waals surface area contributed by atoms with E-state index in [9.17, 15) is 22.8 Å². The molecule has 4 amide bonds. The van der Waals surface area contributed by atoms with E-state index in [1.165, 1.54) is 42.2 Å². The van der Waals surface area contributed by atoms with Gasteiger partial charge in [0.25, 0.3) is 5.91 Å². The largest absolute Gasteiger partial charge is 0.340 e. The number of nitrogens with two attached hydrogens (primary N) is 1. The van der Waals surface area contributed by atoms with Crippen molar-refractivity contribution in [2.75, 3.05) is 23.7 Å². The standard InChI is InChI=1S/C26H25ClFN5O5S/c1-16(34)33-13-12-26(15-33,32-25(36)30-19-9-7-18(27)8-10-19)24(35)31-22-11-6-17(14-21(22)28)20-4-2-3-5-23(20)39(29,37)38/h2-11,14H,12-13,15H2,1H3,(H,31,35)(H2,29,37,38)(H2,30,32,36). The summed E-state index contributed by atoms with van der Waals surface area (Å²) in [6, 6.07) is 15.3. The van der Waals surface area contributed by atoms with Gasteiger partial charge in [-0.25, -0.2) is 22.7 Å². The fraction of sp³-hybridized carbons (Fsp3) is 0.192. The Morgan fingerprint density at radius 3 is 2.33 bits per heavy atom. The van der Waals surface area contributed by atoms with E-state index in [0.717, 1.165) is 6.07 Å². The van der Waals surface area contributed by atoms with Gasteiger partial charge in [-0.2, -0.15) is 0 Å². The van der Waals surface area contributed by atoms with Crippen molar-refractivity contribution in [1.82, 2.24) is 10.2 Å². The molecule has 10 nitrogen and oxygen atoms in total. The lowest BCUT2D eigenvalue weighted by molar-refractivity contribution is -0.128. The molecular weight excluding hydrogens is 549 g/mol. The molecule has 3 aromatic carbocycles.